The molecule has 19 heavy (non-hydrogen) atoms. The summed E-state index contributed by atoms with van der Waals surface area (Å²) in [6.07, 6.45) is 2.42. The van der Waals surface area contributed by atoms with Gasteiger partial charge in [0.05, 0.1) is 19.3 Å². The van der Waals surface area contributed by atoms with Crippen LogP contribution in [0.25, 0.3) is 0 Å². The van der Waals surface area contributed by atoms with Crippen LogP contribution in [0.4, 0.5) is 4.39 Å². The molecule has 2 aliphatic rings. The van der Waals surface area contributed by atoms with Crippen molar-refractivity contribution in [2.24, 2.45) is 0 Å². The molecule has 2 atom stereocenters. The van der Waals surface area contributed by atoms with Crippen LogP contribution in [0.3, 0.4) is 0 Å². The Hall–Kier alpha value is -0.970. The van der Waals surface area contributed by atoms with Gasteiger partial charge in [-0.3, -0.25) is 4.90 Å². The number of hydrogen-bond acceptors (Lipinski definition) is 3. The van der Waals surface area contributed by atoms with Crippen LogP contribution in [0.2, 0.25) is 0 Å². The lowest BCUT2D eigenvalue weighted by atomic mass is 9.96. The van der Waals surface area contributed by atoms with Gasteiger partial charge in [-0.25, -0.2) is 4.39 Å². The monoisotopic (exact) mass is 264 g/mol. The van der Waals surface area contributed by atoms with E-state index in [0.29, 0.717) is 12.1 Å². The van der Waals surface area contributed by atoms with Crippen molar-refractivity contribution < 1.29 is 9.13 Å². The van der Waals surface area contributed by atoms with E-state index >= 15 is 0 Å². The maximum atomic E-state index is 13.1. The van der Waals surface area contributed by atoms with Crippen LogP contribution in [0, 0.1) is 5.82 Å². The van der Waals surface area contributed by atoms with Gasteiger partial charge in [-0.15, -0.1) is 0 Å². The predicted molar refractivity (Wildman–Crippen MR) is 72.6 cm³/mol. The first-order valence-electron chi connectivity index (χ1n) is 7.15. The molecule has 3 nitrogen and oxygen atoms in total. The average Bonchev–Trinajstić information content (AvgIpc) is 2.96. The molecule has 0 spiro atoms. The van der Waals surface area contributed by atoms with E-state index in [2.05, 4.69) is 10.2 Å². The van der Waals surface area contributed by atoms with Gasteiger partial charge in [-0.2, -0.15) is 0 Å². The van der Waals surface area contributed by atoms with Gasteiger partial charge in [0.2, 0.25) is 0 Å². The van der Waals surface area contributed by atoms with Gasteiger partial charge in [-0.1, -0.05) is 12.1 Å². The van der Waals surface area contributed by atoms with Gasteiger partial charge in [-0.05, 0) is 37.1 Å². The van der Waals surface area contributed by atoms with E-state index in [-0.39, 0.29) is 5.82 Å². The Morgan fingerprint density at radius 3 is 2.58 bits per heavy atom. The minimum Gasteiger partial charge on any atom is -0.379 e. The lowest BCUT2D eigenvalue weighted by molar-refractivity contribution is 0.00873. The summed E-state index contributed by atoms with van der Waals surface area (Å²) in [4.78, 5) is 2.47. The van der Waals surface area contributed by atoms with E-state index in [4.69, 9.17) is 4.74 Å². The fourth-order valence-corrected chi connectivity index (χ4v) is 3.19. The maximum absolute atomic E-state index is 13.1. The van der Waals surface area contributed by atoms with Crippen LogP contribution in [0.1, 0.15) is 24.4 Å². The molecule has 2 fully saturated rings. The summed E-state index contributed by atoms with van der Waals surface area (Å²) in [5, 5.41) is 3.59. The molecule has 2 saturated heterocycles. The molecule has 2 aliphatic heterocycles. The predicted octanol–water partition coefficient (Wildman–Crippen LogP) is 1.95. The van der Waals surface area contributed by atoms with E-state index in [1.54, 1.807) is 12.1 Å². The first-order valence-corrected chi connectivity index (χ1v) is 7.15. The first-order chi connectivity index (χ1) is 9.34. The number of rotatable bonds is 3. The molecule has 1 aromatic rings. The van der Waals surface area contributed by atoms with Gasteiger partial charge >= 0.3 is 0 Å². The van der Waals surface area contributed by atoms with E-state index in [0.717, 1.165) is 32.8 Å². The third kappa shape index (κ3) is 2.96. The van der Waals surface area contributed by atoms with Crippen molar-refractivity contribution in [1.29, 1.82) is 0 Å². The Kier molecular flexibility index (Phi) is 4.11. The zero-order valence-corrected chi connectivity index (χ0v) is 11.1. The van der Waals surface area contributed by atoms with Crippen molar-refractivity contribution in [3.8, 4) is 0 Å². The van der Waals surface area contributed by atoms with Crippen LogP contribution in [-0.4, -0.2) is 43.8 Å². The second-order valence-electron chi connectivity index (χ2n) is 5.35. The Labute approximate surface area is 113 Å². The minimum atomic E-state index is -0.163. The Balaban J connectivity index is 1.83. The van der Waals surface area contributed by atoms with Gasteiger partial charge in [0, 0.05) is 19.1 Å². The lowest BCUT2D eigenvalue weighted by Gasteiger charge is -2.38. The summed E-state index contributed by atoms with van der Waals surface area (Å²) in [5.74, 6) is -0.163. The van der Waals surface area contributed by atoms with Crippen LogP contribution >= 0.6 is 0 Å². The number of halogens is 1. The topological polar surface area (TPSA) is 24.5 Å². The van der Waals surface area contributed by atoms with Crippen molar-refractivity contribution in [2.75, 3.05) is 32.8 Å². The third-order valence-corrected chi connectivity index (χ3v) is 4.13. The average molecular weight is 264 g/mol. The molecule has 0 aromatic heterocycles. The summed E-state index contributed by atoms with van der Waals surface area (Å²) < 4.78 is 18.6. The standard InChI is InChI=1S/C15H21FN2O/c16-13-5-3-12(4-6-13)15(14-2-1-7-17-14)18-8-10-19-11-9-18/h3-6,14-15,17H,1-2,7-11H2. The molecule has 1 N–H and O–H groups in total. The number of ether oxygens (including phenoxy) is 1. The Morgan fingerprint density at radius 1 is 1.21 bits per heavy atom. The fourth-order valence-electron chi connectivity index (χ4n) is 3.19. The molecule has 0 saturated carbocycles. The van der Waals surface area contributed by atoms with Crippen molar-refractivity contribution in [3.63, 3.8) is 0 Å². The second-order valence-corrected chi connectivity index (χ2v) is 5.35. The first kappa shape index (κ1) is 13.0. The highest BCUT2D eigenvalue weighted by atomic mass is 19.1. The number of morpholine rings is 1. The smallest absolute Gasteiger partial charge is 0.123 e. The van der Waals surface area contributed by atoms with Crippen LogP contribution in [-0.2, 0) is 4.74 Å². The number of hydrogen-bond donors (Lipinski definition) is 1. The van der Waals surface area contributed by atoms with Gasteiger partial charge in [0.25, 0.3) is 0 Å². The van der Waals surface area contributed by atoms with E-state index in [1.807, 2.05) is 12.1 Å². The quantitative estimate of drug-likeness (QED) is 0.903. The highest BCUT2D eigenvalue weighted by molar-refractivity contribution is 5.22. The van der Waals surface area contributed by atoms with Crippen LogP contribution < -0.4 is 5.32 Å². The van der Waals surface area contributed by atoms with Gasteiger partial charge in [0.1, 0.15) is 5.82 Å². The summed E-state index contributed by atoms with van der Waals surface area (Å²) in [6.45, 7) is 4.60. The summed E-state index contributed by atoms with van der Waals surface area (Å²) in [7, 11) is 0. The molecule has 104 valence electrons. The molecule has 3 rings (SSSR count). The van der Waals surface area contributed by atoms with Crippen molar-refractivity contribution in [2.45, 2.75) is 24.9 Å². The minimum absolute atomic E-state index is 0.163. The highest BCUT2D eigenvalue weighted by Crippen LogP contribution is 2.29. The fraction of sp³-hybridized carbons (Fsp3) is 0.600. The Bertz CT molecular complexity index is 397. The number of nitrogens with one attached hydrogen (secondary N) is 1. The summed E-state index contributed by atoms with van der Waals surface area (Å²) >= 11 is 0. The molecular weight excluding hydrogens is 243 g/mol. The molecule has 0 aliphatic carbocycles. The maximum Gasteiger partial charge on any atom is 0.123 e. The molecule has 0 bridgehead atoms. The van der Waals surface area contributed by atoms with Gasteiger partial charge in [0.15, 0.2) is 0 Å². The lowest BCUT2D eigenvalue weighted by Crippen LogP contribution is -2.46. The molecule has 0 radical (unpaired) electrons. The molecule has 1 aromatic carbocycles. The van der Waals surface area contributed by atoms with Crippen molar-refractivity contribution >= 4 is 0 Å². The normalized spacial score (nSPS) is 26.5. The Morgan fingerprint density at radius 2 is 1.95 bits per heavy atom. The SMILES string of the molecule is Fc1ccc(C(C2CCCN2)N2CCOCC2)cc1. The van der Waals surface area contributed by atoms with Crippen LogP contribution in [0.5, 0.6) is 0 Å². The molecule has 2 heterocycles. The zero-order valence-electron chi connectivity index (χ0n) is 11.1. The van der Waals surface area contributed by atoms with Crippen molar-refractivity contribution in [3.05, 3.63) is 35.6 Å². The molecule has 4 heteroatoms. The molecular formula is C15H21FN2O. The number of nitrogens with zero attached hydrogens (tertiary/aromatic N) is 1. The summed E-state index contributed by atoms with van der Waals surface area (Å²) in [5.41, 5.74) is 1.21. The van der Waals surface area contributed by atoms with Crippen LogP contribution in [0.15, 0.2) is 24.3 Å². The number of benzene rings is 1. The second kappa shape index (κ2) is 5.99. The van der Waals surface area contributed by atoms with E-state index < -0.39 is 0 Å². The van der Waals surface area contributed by atoms with E-state index in [9.17, 15) is 4.39 Å². The molecule has 2 unspecified atom stereocenters. The highest BCUT2D eigenvalue weighted by Gasteiger charge is 2.31. The zero-order chi connectivity index (χ0) is 13.1. The van der Waals surface area contributed by atoms with Gasteiger partial charge < -0.3 is 10.1 Å². The van der Waals surface area contributed by atoms with E-state index in [1.165, 1.54) is 18.4 Å². The summed E-state index contributed by atoms with van der Waals surface area (Å²) in [6, 6.07) is 7.80. The largest absolute Gasteiger partial charge is 0.379 e. The van der Waals surface area contributed by atoms with Crippen molar-refractivity contribution in [1.82, 2.24) is 10.2 Å². The molecule has 0 amide bonds. The third-order valence-electron chi connectivity index (χ3n) is 4.13.